The predicted molar refractivity (Wildman–Crippen MR) is 87.8 cm³/mol. The molecule has 2 rings (SSSR count). The first kappa shape index (κ1) is 16.5. The molecule has 0 atom stereocenters. The second kappa shape index (κ2) is 7.98. The zero-order valence-corrected chi connectivity index (χ0v) is 13.2. The normalized spacial score (nSPS) is 10.0. The lowest BCUT2D eigenvalue weighted by Crippen LogP contribution is -2.12. The minimum absolute atomic E-state index is 0.213. The van der Waals surface area contributed by atoms with Gasteiger partial charge in [0.2, 0.25) is 5.91 Å². The molecule has 0 aromatic heterocycles. The van der Waals surface area contributed by atoms with Gasteiger partial charge >= 0.3 is 5.97 Å². The van der Waals surface area contributed by atoms with Gasteiger partial charge < -0.3 is 14.8 Å². The van der Waals surface area contributed by atoms with E-state index in [1.54, 1.807) is 30.3 Å². The highest BCUT2D eigenvalue weighted by atomic mass is 16.6. The van der Waals surface area contributed by atoms with Gasteiger partial charge in [-0.05, 0) is 30.7 Å². The van der Waals surface area contributed by atoms with E-state index in [1.807, 2.05) is 25.1 Å². The first-order chi connectivity index (χ1) is 11.1. The number of hydrogen-bond donors (Lipinski definition) is 1. The fourth-order valence-corrected chi connectivity index (χ4v) is 1.97. The van der Waals surface area contributed by atoms with Crippen LogP contribution in [0.4, 0.5) is 5.69 Å². The largest absolute Gasteiger partial charge is 0.453 e. The molecule has 120 valence electrons. The summed E-state index contributed by atoms with van der Waals surface area (Å²) in [6.07, 6.45) is 0.967. The summed E-state index contributed by atoms with van der Waals surface area (Å²) in [7, 11) is 0. The maximum atomic E-state index is 11.9. The number of ether oxygens (including phenoxy) is 2. The van der Waals surface area contributed by atoms with Crippen molar-refractivity contribution < 1.29 is 19.1 Å². The molecule has 0 bridgehead atoms. The summed E-state index contributed by atoms with van der Waals surface area (Å²) in [5.41, 5.74) is 0.399. The SMILES string of the molecule is CCCC(=O)Oc1c(NC(C)=O)cccc1Oc1ccccc1. The maximum Gasteiger partial charge on any atom is 0.311 e. The van der Waals surface area contributed by atoms with Gasteiger partial charge in [-0.25, -0.2) is 0 Å². The summed E-state index contributed by atoms with van der Waals surface area (Å²) < 4.78 is 11.2. The van der Waals surface area contributed by atoms with Crippen LogP contribution in [-0.2, 0) is 9.59 Å². The van der Waals surface area contributed by atoms with Crippen LogP contribution < -0.4 is 14.8 Å². The Hall–Kier alpha value is -2.82. The van der Waals surface area contributed by atoms with Crippen molar-refractivity contribution in [1.29, 1.82) is 0 Å². The van der Waals surface area contributed by atoms with Gasteiger partial charge in [-0.3, -0.25) is 9.59 Å². The van der Waals surface area contributed by atoms with Crippen LogP contribution in [0.1, 0.15) is 26.7 Å². The van der Waals surface area contributed by atoms with Gasteiger partial charge in [0, 0.05) is 13.3 Å². The van der Waals surface area contributed by atoms with Crippen LogP contribution in [0, 0.1) is 0 Å². The van der Waals surface area contributed by atoms with E-state index in [4.69, 9.17) is 9.47 Å². The Morgan fingerprint density at radius 2 is 1.78 bits per heavy atom. The van der Waals surface area contributed by atoms with Crippen molar-refractivity contribution >= 4 is 17.6 Å². The minimum Gasteiger partial charge on any atom is -0.453 e. The van der Waals surface area contributed by atoms with Gasteiger partial charge in [-0.1, -0.05) is 31.2 Å². The van der Waals surface area contributed by atoms with Gasteiger partial charge in [0.1, 0.15) is 5.75 Å². The van der Waals surface area contributed by atoms with Gasteiger partial charge in [0.15, 0.2) is 11.5 Å². The molecule has 0 fully saturated rings. The molecule has 0 unspecified atom stereocenters. The molecule has 0 radical (unpaired) electrons. The quantitative estimate of drug-likeness (QED) is 0.643. The summed E-state index contributed by atoms with van der Waals surface area (Å²) in [6, 6.07) is 14.2. The van der Waals surface area contributed by atoms with Crippen LogP contribution >= 0.6 is 0 Å². The van der Waals surface area contributed by atoms with Crippen LogP contribution in [0.5, 0.6) is 17.2 Å². The van der Waals surface area contributed by atoms with Crippen molar-refractivity contribution in [3.05, 3.63) is 48.5 Å². The fraction of sp³-hybridized carbons (Fsp3) is 0.222. The molecule has 23 heavy (non-hydrogen) atoms. The molecular weight excluding hydrogens is 294 g/mol. The first-order valence-electron chi connectivity index (χ1n) is 7.44. The van der Waals surface area contributed by atoms with Crippen molar-refractivity contribution in [3.8, 4) is 17.2 Å². The Morgan fingerprint density at radius 3 is 2.43 bits per heavy atom. The number of anilines is 1. The molecule has 1 N–H and O–H groups in total. The number of hydrogen-bond acceptors (Lipinski definition) is 4. The summed E-state index contributed by atoms with van der Waals surface area (Å²) in [5.74, 6) is 0.565. The van der Waals surface area contributed by atoms with E-state index in [2.05, 4.69) is 5.32 Å². The third-order valence-electron chi connectivity index (χ3n) is 2.93. The third-order valence-corrected chi connectivity index (χ3v) is 2.93. The van der Waals surface area contributed by atoms with E-state index in [1.165, 1.54) is 6.92 Å². The average Bonchev–Trinajstić information content (AvgIpc) is 2.51. The minimum atomic E-state index is -0.372. The van der Waals surface area contributed by atoms with Crippen molar-refractivity contribution in [2.45, 2.75) is 26.7 Å². The van der Waals surface area contributed by atoms with Crippen LogP contribution in [0.3, 0.4) is 0 Å². The van der Waals surface area contributed by atoms with Crippen LogP contribution in [0.25, 0.3) is 0 Å². The topological polar surface area (TPSA) is 64.6 Å². The van der Waals surface area contributed by atoms with E-state index in [-0.39, 0.29) is 17.6 Å². The van der Waals surface area contributed by atoms with E-state index < -0.39 is 0 Å². The number of esters is 1. The number of nitrogens with one attached hydrogen (secondary N) is 1. The molecule has 0 aliphatic rings. The standard InChI is InChI=1S/C18H19NO4/c1-3-8-17(21)23-18-15(19-13(2)20)11-7-12-16(18)22-14-9-5-4-6-10-14/h4-7,9-12H,3,8H2,1-2H3,(H,19,20). The fourth-order valence-electron chi connectivity index (χ4n) is 1.97. The molecule has 5 heteroatoms. The van der Waals surface area contributed by atoms with Gasteiger partial charge in [0.05, 0.1) is 5.69 Å². The molecule has 0 saturated carbocycles. The second-order valence-corrected chi connectivity index (χ2v) is 4.95. The molecule has 1 amide bonds. The van der Waals surface area contributed by atoms with Gasteiger partial charge in [-0.15, -0.1) is 0 Å². The van der Waals surface area contributed by atoms with Crippen molar-refractivity contribution in [2.24, 2.45) is 0 Å². The van der Waals surface area contributed by atoms with E-state index in [0.29, 0.717) is 30.0 Å². The molecular formula is C18H19NO4. The Labute approximate surface area is 135 Å². The highest BCUT2D eigenvalue weighted by Crippen LogP contribution is 2.38. The number of carbonyl (C=O) groups is 2. The Bertz CT molecular complexity index is 683. The van der Waals surface area contributed by atoms with Crippen LogP contribution in [0.15, 0.2) is 48.5 Å². The Balaban J connectivity index is 2.35. The Morgan fingerprint density at radius 1 is 1.04 bits per heavy atom. The molecule has 2 aromatic rings. The van der Waals surface area contributed by atoms with Crippen molar-refractivity contribution in [1.82, 2.24) is 0 Å². The lowest BCUT2D eigenvalue weighted by atomic mass is 10.2. The van der Waals surface area contributed by atoms with E-state index >= 15 is 0 Å². The van der Waals surface area contributed by atoms with E-state index in [9.17, 15) is 9.59 Å². The number of benzene rings is 2. The molecule has 0 spiro atoms. The number of para-hydroxylation sites is 2. The highest BCUT2D eigenvalue weighted by Gasteiger charge is 2.16. The third kappa shape index (κ3) is 4.85. The predicted octanol–water partition coefficient (Wildman–Crippen LogP) is 4.14. The summed E-state index contributed by atoms with van der Waals surface area (Å²) in [4.78, 5) is 23.2. The average molecular weight is 313 g/mol. The Kier molecular flexibility index (Phi) is 5.74. The van der Waals surface area contributed by atoms with Gasteiger partial charge in [-0.2, -0.15) is 0 Å². The number of amides is 1. The smallest absolute Gasteiger partial charge is 0.311 e. The number of rotatable bonds is 6. The van der Waals surface area contributed by atoms with Crippen molar-refractivity contribution in [2.75, 3.05) is 5.32 Å². The summed E-state index contributed by atoms with van der Waals surface area (Å²) in [5, 5.41) is 2.65. The van der Waals surface area contributed by atoms with Crippen molar-refractivity contribution in [3.63, 3.8) is 0 Å². The second-order valence-electron chi connectivity index (χ2n) is 4.95. The number of carbonyl (C=O) groups excluding carboxylic acids is 2. The summed E-state index contributed by atoms with van der Waals surface area (Å²) in [6.45, 7) is 3.28. The van der Waals surface area contributed by atoms with E-state index in [0.717, 1.165) is 0 Å². The molecule has 5 nitrogen and oxygen atoms in total. The zero-order valence-electron chi connectivity index (χ0n) is 13.2. The maximum absolute atomic E-state index is 11.9. The van der Waals surface area contributed by atoms with Crippen LogP contribution in [0.2, 0.25) is 0 Å². The van der Waals surface area contributed by atoms with Gasteiger partial charge in [0.25, 0.3) is 0 Å². The molecule has 0 aliphatic heterocycles. The lowest BCUT2D eigenvalue weighted by Gasteiger charge is -2.15. The first-order valence-corrected chi connectivity index (χ1v) is 7.44. The molecule has 0 aliphatic carbocycles. The lowest BCUT2D eigenvalue weighted by molar-refractivity contribution is -0.134. The molecule has 0 heterocycles. The monoisotopic (exact) mass is 313 g/mol. The molecule has 2 aromatic carbocycles. The zero-order chi connectivity index (χ0) is 16.7. The summed E-state index contributed by atoms with van der Waals surface area (Å²) >= 11 is 0. The van der Waals surface area contributed by atoms with Crippen LogP contribution in [-0.4, -0.2) is 11.9 Å². The highest BCUT2D eigenvalue weighted by molar-refractivity contribution is 5.92. The molecule has 0 saturated heterocycles.